The smallest absolute Gasteiger partial charge is 0.321 e. The van der Waals surface area contributed by atoms with Gasteiger partial charge in [-0.05, 0) is 12.5 Å². The van der Waals surface area contributed by atoms with Crippen LogP contribution < -0.4 is 5.32 Å². The average Bonchev–Trinajstić information content (AvgIpc) is 2.64. The lowest BCUT2D eigenvalue weighted by atomic mass is 10.1. The summed E-state index contributed by atoms with van der Waals surface area (Å²) in [5.74, 6) is -0.164. The number of aliphatic carboxylic acids is 1. The highest BCUT2D eigenvalue weighted by molar-refractivity contribution is 8.00. The van der Waals surface area contributed by atoms with E-state index in [2.05, 4.69) is 5.32 Å². The van der Waals surface area contributed by atoms with Gasteiger partial charge in [-0.1, -0.05) is 30.3 Å². The first-order chi connectivity index (χ1) is 7.12. The SMILES string of the molecule is C[C@]1(c2ccccc2)N[C@@H](C(=O)O)CS1. The summed E-state index contributed by atoms with van der Waals surface area (Å²) in [6, 6.07) is 9.49. The summed E-state index contributed by atoms with van der Waals surface area (Å²) in [4.78, 5) is 10.6. The van der Waals surface area contributed by atoms with Crippen LogP contribution in [0.15, 0.2) is 30.3 Å². The summed E-state index contributed by atoms with van der Waals surface area (Å²) >= 11 is 1.64. The molecule has 4 heteroatoms. The molecule has 1 saturated heterocycles. The molecule has 2 atom stereocenters. The van der Waals surface area contributed by atoms with Gasteiger partial charge >= 0.3 is 5.97 Å². The van der Waals surface area contributed by atoms with Gasteiger partial charge < -0.3 is 5.11 Å². The van der Waals surface area contributed by atoms with Crippen molar-refractivity contribution in [1.82, 2.24) is 5.32 Å². The Bertz CT molecular complexity index is 368. The van der Waals surface area contributed by atoms with Crippen molar-refractivity contribution >= 4 is 17.7 Å². The number of rotatable bonds is 2. The Balaban J connectivity index is 2.20. The number of hydrogen-bond acceptors (Lipinski definition) is 3. The van der Waals surface area contributed by atoms with Crippen LogP contribution in [0.25, 0.3) is 0 Å². The van der Waals surface area contributed by atoms with Crippen molar-refractivity contribution in [2.75, 3.05) is 5.75 Å². The van der Waals surface area contributed by atoms with Gasteiger partial charge in [0.2, 0.25) is 0 Å². The molecule has 0 unspecified atom stereocenters. The van der Waals surface area contributed by atoms with Crippen molar-refractivity contribution in [2.24, 2.45) is 0 Å². The number of benzene rings is 1. The second kappa shape index (κ2) is 3.87. The highest BCUT2D eigenvalue weighted by atomic mass is 32.2. The van der Waals surface area contributed by atoms with Crippen molar-refractivity contribution in [3.8, 4) is 0 Å². The molecule has 80 valence electrons. The number of thioether (sulfide) groups is 1. The molecular weight excluding hydrogens is 210 g/mol. The van der Waals surface area contributed by atoms with E-state index in [1.165, 1.54) is 0 Å². The Hall–Kier alpha value is -1.00. The fourth-order valence-electron chi connectivity index (χ4n) is 1.72. The highest BCUT2D eigenvalue weighted by Gasteiger charge is 2.39. The van der Waals surface area contributed by atoms with Crippen LogP contribution in [-0.4, -0.2) is 22.9 Å². The van der Waals surface area contributed by atoms with Crippen LogP contribution in [0, 0.1) is 0 Å². The second-order valence-electron chi connectivity index (χ2n) is 3.75. The lowest BCUT2D eigenvalue weighted by Crippen LogP contribution is -2.41. The van der Waals surface area contributed by atoms with Gasteiger partial charge in [0.1, 0.15) is 6.04 Å². The van der Waals surface area contributed by atoms with E-state index >= 15 is 0 Å². The van der Waals surface area contributed by atoms with Crippen LogP contribution >= 0.6 is 11.8 Å². The van der Waals surface area contributed by atoms with E-state index in [1.54, 1.807) is 11.8 Å². The van der Waals surface area contributed by atoms with Crippen LogP contribution in [0.4, 0.5) is 0 Å². The standard InChI is InChI=1S/C11H13NO2S/c1-11(8-5-3-2-4-6-8)12-9(7-15-11)10(13)14/h2-6,9,12H,7H2,1H3,(H,13,14)/t9-,11+/m1/s1. The molecule has 1 fully saturated rings. The summed E-state index contributed by atoms with van der Waals surface area (Å²) in [5, 5.41) is 12.1. The molecule has 0 amide bonds. The number of carboxylic acids is 1. The zero-order valence-electron chi connectivity index (χ0n) is 8.43. The van der Waals surface area contributed by atoms with Crippen LogP contribution in [0.2, 0.25) is 0 Å². The first kappa shape index (κ1) is 10.5. The topological polar surface area (TPSA) is 49.3 Å². The van der Waals surface area contributed by atoms with E-state index in [9.17, 15) is 4.79 Å². The molecule has 3 nitrogen and oxygen atoms in total. The lowest BCUT2D eigenvalue weighted by Gasteiger charge is -2.24. The van der Waals surface area contributed by atoms with Crippen molar-refractivity contribution in [2.45, 2.75) is 17.8 Å². The normalized spacial score (nSPS) is 30.3. The summed E-state index contributed by atoms with van der Waals surface area (Å²) in [6.07, 6.45) is 0. The molecule has 1 aliphatic heterocycles. The largest absolute Gasteiger partial charge is 0.480 e. The first-order valence-electron chi connectivity index (χ1n) is 4.82. The van der Waals surface area contributed by atoms with E-state index in [4.69, 9.17) is 5.11 Å². The molecule has 0 aliphatic carbocycles. The second-order valence-corrected chi connectivity index (χ2v) is 5.18. The Morgan fingerprint density at radius 3 is 2.73 bits per heavy atom. The zero-order chi connectivity index (χ0) is 10.9. The molecule has 1 aromatic carbocycles. The fourth-order valence-corrected chi connectivity index (χ4v) is 2.98. The fraction of sp³-hybridized carbons (Fsp3) is 0.364. The summed E-state index contributed by atoms with van der Waals surface area (Å²) < 4.78 is 0. The minimum absolute atomic E-state index is 0.273. The molecule has 15 heavy (non-hydrogen) atoms. The monoisotopic (exact) mass is 223 g/mol. The Labute approximate surface area is 92.9 Å². The van der Waals surface area contributed by atoms with Gasteiger partial charge in [0.05, 0.1) is 4.87 Å². The summed E-state index contributed by atoms with van der Waals surface area (Å²) in [7, 11) is 0. The molecule has 0 bridgehead atoms. The van der Waals surface area contributed by atoms with Gasteiger partial charge in [-0.25, -0.2) is 0 Å². The van der Waals surface area contributed by atoms with Gasteiger partial charge in [-0.3, -0.25) is 10.1 Å². The van der Waals surface area contributed by atoms with Crippen molar-refractivity contribution in [3.63, 3.8) is 0 Å². The van der Waals surface area contributed by atoms with Crippen LogP contribution in [-0.2, 0) is 9.67 Å². The minimum atomic E-state index is -0.776. The van der Waals surface area contributed by atoms with E-state index in [0.717, 1.165) is 5.56 Å². The maximum Gasteiger partial charge on any atom is 0.321 e. The van der Waals surface area contributed by atoms with Gasteiger partial charge in [0, 0.05) is 5.75 Å². The van der Waals surface area contributed by atoms with E-state index in [1.807, 2.05) is 37.3 Å². The quantitative estimate of drug-likeness (QED) is 0.800. The third-order valence-corrected chi connectivity index (χ3v) is 4.04. The maximum atomic E-state index is 10.8. The molecule has 1 aromatic rings. The molecule has 0 radical (unpaired) electrons. The van der Waals surface area contributed by atoms with E-state index < -0.39 is 12.0 Å². The van der Waals surface area contributed by atoms with Gasteiger partial charge in [0.25, 0.3) is 0 Å². The first-order valence-corrected chi connectivity index (χ1v) is 5.80. The van der Waals surface area contributed by atoms with Crippen molar-refractivity contribution in [3.05, 3.63) is 35.9 Å². The lowest BCUT2D eigenvalue weighted by molar-refractivity contribution is -0.138. The Morgan fingerprint density at radius 2 is 2.20 bits per heavy atom. The minimum Gasteiger partial charge on any atom is -0.480 e. The maximum absolute atomic E-state index is 10.8. The molecule has 0 spiro atoms. The van der Waals surface area contributed by atoms with Crippen LogP contribution in [0.5, 0.6) is 0 Å². The zero-order valence-corrected chi connectivity index (χ0v) is 9.25. The van der Waals surface area contributed by atoms with Gasteiger partial charge in [-0.15, -0.1) is 11.8 Å². The number of carboxylic acid groups (broad SMARTS) is 1. The third kappa shape index (κ3) is 2.01. The molecule has 1 aliphatic rings. The molecular formula is C11H13NO2S. The predicted octanol–water partition coefficient (Wildman–Crippen LogP) is 1.65. The van der Waals surface area contributed by atoms with Crippen molar-refractivity contribution in [1.29, 1.82) is 0 Å². The Kier molecular flexibility index (Phi) is 2.71. The van der Waals surface area contributed by atoms with E-state index in [-0.39, 0.29) is 4.87 Å². The van der Waals surface area contributed by atoms with Gasteiger partial charge in [0.15, 0.2) is 0 Å². The van der Waals surface area contributed by atoms with Gasteiger partial charge in [-0.2, -0.15) is 0 Å². The van der Waals surface area contributed by atoms with Crippen LogP contribution in [0.3, 0.4) is 0 Å². The van der Waals surface area contributed by atoms with Crippen LogP contribution in [0.1, 0.15) is 12.5 Å². The Morgan fingerprint density at radius 1 is 1.53 bits per heavy atom. The average molecular weight is 223 g/mol. The molecule has 2 rings (SSSR count). The summed E-state index contributed by atoms with van der Waals surface area (Å²) in [5.41, 5.74) is 1.12. The van der Waals surface area contributed by atoms with E-state index in [0.29, 0.717) is 5.75 Å². The number of carbonyl (C=O) groups is 1. The summed E-state index contributed by atoms with van der Waals surface area (Å²) in [6.45, 7) is 2.02. The highest BCUT2D eigenvalue weighted by Crippen LogP contribution is 2.38. The third-order valence-electron chi connectivity index (χ3n) is 2.61. The predicted molar refractivity (Wildman–Crippen MR) is 60.8 cm³/mol. The number of nitrogens with one attached hydrogen (secondary N) is 1. The number of hydrogen-bond donors (Lipinski definition) is 2. The molecule has 0 saturated carbocycles. The molecule has 2 N–H and O–H groups in total. The van der Waals surface area contributed by atoms with Crippen molar-refractivity contribution < 1.29 is 9.90 Å². The molecule has 0 aromatic heterocycles. The molecule has 1 heterocycles.